The van der Waals surface area contributed by atoms with Crippen LogP contribution in [0.2, 0.25) is 0 Å². The molecule has 72 heavy (non-hydrogen) atoms. The molecule has 3 heterocycles. The highest BCUT2D eigenvalue weighted by atomic mass is 16.7. The summed E-state index contributed by atoms with van der Waals surface area (Å²) in [5, 5.41) is 7.67. The number of likely N-dealkylation sites (tertiary alicyclic amines) is 2. The Balaban J connectivity index is 1.25. The zero-order chi connectivity index (χ0) is 53.4. The Morgan fingerprint density at radius 3 is 2.14 bits per heavy atom. The molecule has 3 saturated heterocycles. The summed E-state index contributed by atoms with van der Waals surface area (Å²) in [6.45, 7) is 21.5. The summed E-state index contributed by atoms with van der Waals surface area (Å²) < 4.78 is 12.2. The van der Waals surface area contributed by atoms with Crippen LogP contribution in [0.5, 0.6) is 0 Å². The van der Waals surface area contributed by atoms with Crippen LogP contribution in [0.4, 0.5) is 0 Å². The van der Waals surface area contributed by atoms with Gasteiger partial charge in [0.1, 0.15) is 11.6 Å². The van der Waals surface area contributed by atoms with Gasteiger partial charge in [0, 0.05) is 59.8 Å². The zero-order valence-corrected chi connectivity index (χ0v) is 46.0. The van der Waals surface area contributed by atoms with Crippen LogP contribution < -0.4 is 10.6 Å². The van der Waals surface area contributed by atoms with E-state index in [0.29, 0.717) is 58.3 Å². The van der Waals surface area contributed by atoms with Crippen LogP contribution in [0, 0.1) is 35.0 Å². The summed E-state index contributed by atoms with van der Waals surface area (Å²) in [4.78, 5) is 111. The first-order chi connectivity index (χ1) is 33.9. The quantitative estimate of drug-likeness (QED) is 0.126. The Morgan fingerprint density at radius 1 is 0.903 bits per heavy atom. The number of likely N-dealkylation sites (N-methyl/N-ethyl adjacent to an activating group) is 2. The number of amides is 7. The Labute approximate surface area is 430 Å². The summed E-state index contributed by atoms with van der Waals surface area (Å²) in [6, 6.07) is 7.28. The molecular formula is C55H89N7O10. The van der Waals surface area contributed by atoms with E-state index in [2.05, 4.69) is 10.6 Å². The molecule has 2 N–H and O–H groups in total. The average Bonchev–Trinajstić information content (AvgIpc) is 3.71. The largest absolute Gasteiger partial charge is 0.379 e. The predicted octanol–water partition coefficient (Wildman–Crippen LogP) is 5.41. The number of nitrogens with one attached hydrogen (secondary N) is 2. The SMILES string of the molecule is CC[C@H](C)C([C@@H](CC(=O)N1CCC[C@H]1[C@H](OC)[C@@H](C)C(=O)N[C@@]1(C(=O)N2CCCCO2)C[C@@H]1c1ccccc1)OC)N(C)C(=O)[C@@H](NC(=O)[C@H](C(C)C)N(C)CCCN1C(=O)CC(C(C)(C)C)C1=O)C(C)C. The van der Waals surface area contributed by atoms with Crippen molar-refractivity contribution in [1.82, 2.24) is 35.3 Å². The Morgan fingerprint density at radius 2 is 1.58 bits per heavy atom. The second kappa shape index (κ2) is 25.2. The first kappa shape index (κ1) is 58.4. The molecule has 4 aliphatic rings. The summed E-state index contributed by atoms with van der Waals surface area (Å²) in [6.07, 6.45) is 3.42. The van der Waals surface area contributed by atoms with Gasteiger partial charge in [-0.1, -0.05) is 106 Å². The number of nitrogens with zero attached hydrogens (tertiary/aromatic N) is 5. The second-order valence-electron chi connectivity index (χ2n) is 22.9. The summed E-state index contributed by atoms with van der Waals surface area (Å²) in [5.74, 6) is -3.46. The molecule has 5 rings (SSSR count). The van der Waals surface area contributed by atoms with E-state index in [0.717, 1.165) is 18.4 Å². The van der Waals surface area contributed by atoms with Crippen LogP contribution >= 0.6 is 0 Å². The molecule has 2 unspecified atom stereocenters. The van der Waals surface area contributed by atoms with Gasteiger partial charge in [-0.25, -0.2) is 5.06 Å². The molecule has 11 atom stereocenters. The molecule has 0 bridgehead atoms. The average molecular weight is 1010 g/mol. The van der Waals surface area contributed by atoms with Gasteiger partial charge in [0.25, 0.3) is 5.91 Å². The van der Waals surface area contributed by atoms with Crippen molar-refractivity contribution in [1.29, 1.82) is 0 Å². The van der Waals surface area contributed by atoms with Gasteiger partial charge >= 0.3 is 0 Å². The third-order valence-electron chi connectivity index (χ3n) is 16.2. The molecule has 7 amide bonds. The van der Waals surface area contributed by atoms with E-state index in [1.54, 1.807) is 38.0 Å². The van der Waals surface area contributed by atoms with Gasteiger partial charge in [-0.3, -0.25) is 48.2 Å². The van der Waals surface area contributed by atoms with Crippen LogP contribution in [0.1, 0.15) is 139 Å². The van der Waals surface area contributed by atoms with Gasteiger partial charge in [0.15, 0.2) is 0 Å². The van der Waals surface area contributed by atoms with E-state index in [1.807, 2.05) is 105 Å². The molecule has 4 fully saturated rings. The van der Waals surface area contributed by atoms with Crippen LogP contribution in [0.15, 0.2) is 30.3 Å². The van der Waals surface area contributed by atoms with Crippen molar-refractivity contribution in [3.8, 4) is 0 Å². The van der Waals surface area contributed by atoms with Crippen molar-refractivity contribution in [3.05, 3.63) is 35.9 Å². The number of rotatable bonds is 24. The Hall–Kier alpha value is -4.45. The Bertz CT molecular complexity index is 2040. The molecule has 404 valence electrons. The van der Waals surface area contributed by atoms with E-state index in [-0.39, 0.29) is 95.7 Å². The first-order valence-corrected chi connectivity index (χ1v) is 26.7. The number of hydrogen-bond acceptors (Lipinski definition) is 11. The lowest BCUT2D eigenvalue weighted by Crippen LogP contribution is -2.60. The van der Waals surface area contributed by atoms with Crippen LogP contribution in [0.3, 0.4) is 0 Å². The van der Waals surface area contributed by atoms with Gasteiger partial charge in [0.2, 0.25) is 35.4 Å². The summed E-state index contributed by atoms with van der Waals surface area (Å²) >= 11 is 0. The van der Waals surface area contributed by atoms with Crippen LogP contribution in [-0.4, -0.2) is 169 Å². The molecule has 1 saturated carbocycles. The molecule has 17 heteroatoms. The highest BCUT2D eigenvalue weighted by molar-refractivity contribution is 6.04. The summed E-state index contributed by atoms with van der Waals surface area (Å²) in [5.41, 5.74) is -0.511. The molecule has 3 aliphatic heterocycles. The van der Waals surface area contributed by atoms with E-state index in [9.17, 15) is 33.6 Å². The fourth-order valence-corrected chi connectivity index (χ4v) is 11.6. The monoisotopic (exact) mass is 1010 g/mol. The number of carbonyl (C=O) groups excluding carboxylic acids is 7. The van der Waals surface area contributed by atoms with Crippen molar-refractivity contribution < 1.29 is 47.9 Å². The van der Waals surface area contributed by atoms with Crippen molar-refractivity contribution in [2.24, 2.45) is 35.0 Å². The fourth-order valence-electron chi connectivity index (χ4n) is 11.6. The van der Waals surface area contributed by atoms with Gasteiger partial charge in [0.05, 0.1) is 55.2 Å². The number of hydrogen-bond donors (Lipinski definition) is 2. The molecule has 0 spiro atoms. The highest BCUT2D eigenvalue weighted by Gasteiger charge is 2.64. The molecule has 17 nitrogen and oxygen atoms in total. The number of ether oxygens (including phenoxy) is 2. The van der Waals surface area contributed by atoms with E-state index >= 15 is 0 Å². The number of methoxy groups -OCH3 is 2. The van der Waals surface area contributed by atoms with E-state index < -0.39 is 47.8 Å². The minimum atomic E-state index is -1.16. The first-order valence-electron chi connectivity index (χ1n) is 26.7. The van der Waals surface area contributed by atoms with Crippen LogP contribution in [0.25, 0.3) is 0 Å². The topological polar surface area (TPSA) is 187 Å². The van der Waals surface area contributed by atoms with Gasteiger partial charge in [-0.05, 0) is 74.3 Å². The Kier molecular flexibility index (Phi) is 20.4. The molecule has 1 aromatic rings. The smallest absolute Gasteiger partial charge is 0.272 e. The van der Waals surface area contributed by atoms with Crippen molar-refractivity contribution >= 4 is 41.4 Å². The minimum Gasteiger partial charge on any atom is -0.379 e. The predicted molar refractivity (Wildman–Crippen MR) is 275 cm³/mol. The van der Waals surface area contributed by atoms with E-state index in [1.165, 1.54) is 9.96 Å². The standard InChI is InChI=1S/C55H89N7O10/c1-15-36(6)47(59(12)52(68)45(34(2)3)56-50(66)46(35(4)5)58(11)26-22-28-61-43(63)31-39(51(61)67)54(8,9)10)42(70-13)32-44(64)60-27-21-25-41(60)48(71-14)37(7)49(65)57-55(53(69)62-29-19-20-30-72-62)33-40(55)38-23-17-16-18-24-38/h16-18,23-24,34-37,39-42,45-48H,15,19-22,25-33H2,1-14H3,(H,56,66)(H,57,65)/t36-,37+,39?,40+,41-,42+,45-,46-,47?,48+,55-/m0/s1. The van der Waals surface area contributed by atoms with Crippen LogP contribution in [-0.2, 0) is 47.9 Å². The maximum Gasteiger partial charge on any atom is 0.272 e. The normalized spacial score (nSPS) is 24.5. The number of benzene rings is 1. The summed E-state index contributed by atoms with van der Waals surface area (Å²) in [7, 11) is 6.66. The number of imide groups is 1. The molecule has 1 aliphatic carbocycles. The van der Waals surface area contributed by atoms with Crippen molar-refractivity contribution in [2.45, 2.75) is 175 Å². The van der Waals surface area contributed by atoms with E-state index in [4.69, 9.17) is 14.3 Å². The second-order valence-corrected chi connectivity index (χ2v) is 22.9. The lowest BCUT2D eigenvalue weighted by Gasteiger charge is -2.41. The maximum absolute atomic E-state index is 14.7. The highest BCUT2D eigenvalue weighted by Crippen LogP contribution is 2.53. The van der Waals surface area contributed by atoms with Crippen molar-refractivity contribution in [2.75, 3.05) is 61.1 Å². The third kappa shape index (κ3) is 13.3. The lowest BCUT2D eigenvalue weighted by atomic mass is 9.80. The minimum absolute atomic E-state index is 0.0345. The van der Waals surface area contributed by atoms with Gasteiger partial charge < -0.3 is 29.9 Å². The lowest BCUT2D eigenvalue weighted by molar-refractivity contribution is -0.200. The number of carbonyl (C=O) groups is 7. The fraction of sp³-hybridized carbons (Fsp3) is 0.764. The molecular weight excluding hydrogens is 919 g/mol. The molecule has 1 aromatic carbocycles. The number of hydroxylamine groups is 2. The molecule has 0 radical (unpaired) electrons. The van der Waals surface area contributed by atoms with Crippen molar-refractivity contribution in [3.63, 3.8) is 0 Å². The third-order valence-corrected chi connectivity index (χ3v) is 16.2. The van der Waals surface area contributed by atoms with Gasteiger partial charge in [-0.2, -0.15) is 0 Å². The molecule has 0 aromatic heterocycles. The van der Waals surface area contributed by atoms with Gasteiger partial charge in [-0.15, -0.1) is 0 Å². The maximum atomic E-state index is 14.7. The zero-order valence-electron chi connectivity index (χ0n) is 46.0.